The normalized spacial score (nSPS) is 19.4. The monoisotopic (exact) mass is 377 g/mol. The van der Waals surface area contributed by atoms with Crippen LogP contribution in [0, 0.1) is 11.7 Å². The first-order valence-corrected chi connectivity index (χ1v) is 8.78. The average molecular weight is 377 g/mol. The van der Waals surface area contributed by atoms with Gasteiger partial charge in [0, 0.05) is 12.6 Å². The van der Waals surface area contributed by atoms with Crippen LogP contribution in [0.2, 0.25) is 0 Å². The van der Waals surface area contributed by atoms with E-state index in [4.69, 9.17) is 0 Å². The van der Waals surface area contributed by atoms with Gasteiger partial charge >= 0.3 is 6.03 Å². The lowest BCUT2D eigenvalue weighted by atomic mass is 9.92. The molecule has 0 saturated carbocycles. The topological polar surface area (TPSA) is 95.6 Å². The van der Waals surface area contributed by atoms with E-state index in [1.54, 1.807) is 6.92 Å². The van der Waals surface area contributed by atoms with E-state index in [2.05, 4.69) is 10.6 Å². The van der Waals surface area contributed by atoms with Crippen LogP contribution in [0.5, 0.6) is 0 Å². The lowest BCUT2D eigenvalue weighted by molar-refractivity contribution is -0.130. The summed E-state index contributed by atoms with van der Waals surface area (Å²) in [6.45, 7) is 6.39. The third-order valence-electron chi connectivity index (χ3n) is 4.46. The molecular formula is C19H24FN3O4. The summed E-state index contributed by atoms with van der Waals surface area (Å²) in [4.78, 5) is 49.1. The van der Waals surface area contributed by atoms with Gasteiger partial charge in [-0.1, -0.05) is 13.8 Å². The average Bonchev–Trinajstić information content (AvgIpc) is 2.76. The van der Waals surface area contributed by atoms with Gasteiger partial charge in [0.05, 0.1) is 12.1 Å². The summed E-state index contributed by atoms with van der Waals surface area (Å²) in [5.41, 5.74) is -1.09. The Morgan fingerprint density at radius 3 is 2.52 bits per heavy atom. The zero-order chi connectivity index (χ0) is 20.4. The molecular weight excluding hydrogens is 353 g/mol. The lowest BCUT2D eigenvalue weighted by Crippen LogP contribution is -2.44. The number of nitrogens with one attached hydrogen (secondary N) is 2. The minimum absolute atomic E-state index is 0.216. The molecule has 2 rings (SSSR count). The Balaban J connectivity index is 2.12. The zero-order valence-electron chi connectivity index (χ0n) is 15.9. The number of benzene rings is 1. The highest BCUT2D eigenvalue weighted by Crippen LogP contribution is 2.25. The van der Waals surface area contributed by atoms with Crippen molar-refractivity contribution in [1.29, 1.82) is 0 Å². The number of anilines is 1. The number of urea groups is 1. The summed E-state index contributed by atoms with van der Waals surface area (Å²) in [5.74, 6) is -2.02. The zero-order valence-corrected chi connectivity index (χ0v) is 15.9. The predicted octanol–water partition coefficient (Wildman–Crippen LogP) is 2.71. The summed E-state index contributed by atoms with van der Waals surface area (Å²) in [7, 11) is 0. The van der Waals surface area contributed by atoms with E-state index in [-0.39, 0.29) is 17.2 Å². The van der Waals surface area contributed by atoms with Crippen molar-refractivity contribution in [1.82, 2.24) is 10.2 Å². The number of carbonyl (C=O) groups excluding carboxylic acids is 4. The van der Waals surface area contributed by atoms with Crippen LogP contribution in [0.15, 0.2) is 18.2 Å². The molecule has 1 fully saturated rings. The van der Waals surface area contributed by atoms with Gasteiger partial charge in [-0.05, 0) is 43.9 Å². The number of Topliss-reactive ketones (excluding diaryl/α,β-unsaturated/α-hetero) is 1. The lowest BCUT2D eigenvalue weighted by Gasteiger charge is -2.22. The van der Waals surface area contributed by atoms with Crippen LogP contribution in [-0.2, 0) is 9.59 Å². The van der Waals surface area contributed by atoms with Gasteiger partial charge in [-0.25, -0.2) is 9.18 Å². The molecule has 0 spiro atoms. The number of ketones is 1. The van der Waals surface area contributed by atoms with Crippen LogP contribution in [0.3, 0.4) is 0 Å². The fourth-order valence-corrected chi connectivity index (χ4v) is 2.89. The van der Waals surface area contributed by atoms with E-state index in [1.807, 2.05) is 13.8 Å². The van der Waals surface area contributed by atoms with E-state index >= 15 is 0 Å². The van der Waals surface area contributed by atoms with Crippen molar-refractivity contribution < 1.29 is 23.6 Å². The molecule has 0 radical (unpaired) electrons. The summed E-state index contributed by atoms with van der Waals surface area (Å²) in [6, 6.07) is 2.97. The van der Waals surface area contributed by atoms with Crippen LogP contribution in [0.25, 0.3) is 0 Å². The van der Waals surface area contributed by atoms with Gasteiger partial charge in [-0.2, -0.15) is 0 Å². The Morgan fingerprint density at radius 2 is 1.96 bits per heavy atom. The molecule has 0 aliphatic carbocycles. The molecule has 146 valence electrons. The molecule has 1 aliphatic heterocycles. The molecule has 1 aromatic carbocycles. The second-order valence-electron chi connectivity index (χ2n) is 7.39. The van der Waals surface area contributed by atoms with Crippen LogP contribution < -0.4 is 10.6 Å². The molecule has 8 heteroatoms. The molecule has 0 aromatic heterocycles. The van der Waals surface area contributed by atoms with Crippen molar-refractivity contribution >= 4 is 29.3 Å². The fourth-order valence-electron chi connectivity index (χ4n) is 2.89. The van der Waals surface area contributed by atoms with Crippen molar-refractivity contribution in [2.24, 2.45) is 5.92 Å². The molecule has 0 bridgehead atoms. The van der Waals surface area contributed by atoms with Gasteiger partial charge < -0.3 is 10.6 Å². The standard InChI is InChI=1S/C19H24FN3O4/c1-11(2)7-8-19(4)17(26)23(18(27)22-19)10-16(25)14-6-5-13(9-15(14)20)21-12(3)24/h5-6,9,11H,7-8,10H2,1-4H3,(H,21,24)(H,22,27)/t19-/m1/s1. The molecule has 27 heavy (non-hydrogen) atoms. The number of nitrogens with zero attached hydrogens (tertiary/aromatic N) is 1. The smallest absolute Gasteiger partial charge is 0.325 e. The number of amides is 4. The number of hydrogen-bond acceptors (Lipinski definition) is 4. The Bertz CT molecular complexity index is 793. The summed E-state index contributed by atoms with van der Waals surface area (Å²) >= 11 is 0. The molecule has 4 amide bonds. The van der Waals surface area contributed by atoms with Crippen molar-refractivity contribution in [2.45, 2.75) is 46.1 Å². The maximum atomic E-state index is 14.2. The largest absolute Gasteiger partial charge is 0.326 e. The van der Waals surface area contributed by atoms with Crippen LogP contribution in [0.1, 0.15) is 50.9 Å². The second-order valence-corrected chi connectivity index (χ2v) is 7.39. The van der Waals surface area contributed by atoms with Crippen LogP contribution in [-0.4, -0.2) is 40.6 Å². The van der Waals surface area contributed by atoms with Gasteiger partial charge in [0.1, 0.15) is 11.4 Å². The Labute approximate surface area is 157 Å². The summed E-state index contributed by atoms with van der Waals surface area (Å²) < 4.78 is 14.2. The summed E-state index contributed by atoms with van der Waals surface area (Å²) in [6.07, 6.45) is 1.20. The first-order valence-electron chi connectivity index (χ1n) is 8.78. The third kappa shape index (κ3) is 4.69. The molecule has 1 heterocycles. The van der Waals surface area contributed by atoms with E-state index < -0.39 is 35.6 Å². The highest BCUT2D eigenvalue weighted by molar-refractivity contribution is 6.11. The highest BCUT2D eigenvalue weighted by Gasteiger charge is 2.47. The summed E-state index contributed by atoms with van der Waals surface area (Å²) in [5, 5.41) is 5.05. The molecule has 0 unspecified atom stereocenters. The molecule has 1 aromatic rings. The van der Waals surface area contributed by atoms with Crippen molar-refractivity contribution in [2.75, 3.05) is 11.9 Å². The van der Waals surface area contributed by atoms with Gasteiger partial charge in [0.2, 0.25) is 5.91 Å². The Kier molecular flexibility index (Phi) is 5.98. The van der Waals surface area contributed by atoms with Gasteiger partial charge in [-0.3, -0.25) is 19.3 Å². The van der Waals surface area contributed by atoms with Gasteiger partial charge in [0.25, 0.3) is 5.91 Å². The fraction of sp³-hybridized carbons (Fsp3) is 0.474. The second kappa shape index (κ2) is 7.85. The highest BCUT2D eigenvalue weighted by atomic mass is 19.1. The maximum absolute atomic E-state index is 14.2. The SMILES string of the molecule is CC(=O)Nc1ccc(C(=O)CN2C(=O)N[C@](C)(CCC(C)C)C2=O)c(F)c1. The molecule has 1 saturated heterocycles. The van der Waals surface area contributed by atoms with Gasteiger partial charge in [-0.15, -0.1) is 0 Å². The number of hydrogen-bond donors (Lipinski definition) is 2. The van der Waals surface area contributed by atoms with Crippen molar-refractivity contribution in [3.05, 3.63) is 29.6 Å². The van der Waals surface area contributed by atoms with E-state index in [0.717, 1.165) is 17.4 Å². The van der Waals surface area contributed by atoms with Crippen LogP contribution in [0.4, 0.5) is 14.9 Å². The van der Waals surface area contributed by atoms with Gasteiger partial charge in [0.15, 0.2) is 5.78 Å². The predicted molar refractivity (Wildman–Crippen MR) is 97.8 cm³/mol. The molecule has 1 aliphatic rings. The molecule has 7 nitrogen and oxygen atoms in total. The molecule has 1 atom stereocenters. The minimum Gasteiger partial charge on any atom is -0.326 e. The maximum Gasteiger partial charge on any atom is 0.325 e. The van der Waals surface area contributed by atoms with Crippen molar-refractivity contribution in [3.8, 4) is 0 Å². The third-order valence-corrected chi connectivity index (χ3v) is 4.46. The first kappa shape index (κ1) is 20.5. The number of halogens is 1. The first-order chi connectivity index (χ1) is 12.5. The minimum atomic E-state index is -1.06. The molecule has 2 N–H and O–H groups in total. The number of rotatable bonds is 7. The van der Waals surface area contributed by atoms with E-state index in [1.165, 1.54) is 19.1 Å². The quantitative estimate of drug-likeness (QED) is 0.564. The van der Waals surface area contributed by atoms with Crippen molar-refractivity contribution in [3.63, 3.8) is 0 Å². The number of carbonyl (C=O) groups is 4. The van der Waals surface area contributed by atoms with E-state index in [0.29, 0.717) is 12.3 Å². The van der Waals surface area contributed by atoms with Crippen LogP contribution >= 0.6 is 0 Å². The van der Waals surface area contributed by atoms with E-state index in [9.17, 15) is 23.6 Å². The Hall–Kier alpha value is -2.77. The number of imide groups is 1. The Morgan fingerprint density at radius 1 is 1.30 bits per heavy atom.